The summed E-state index contributed by atoms with van der Waals surface area (Å²) >= 11 is 1.14. The van der Waals surface area contributed by atoms with E-state index in [1.807, 2.05) is 0 Å². The summed E-state index contributed by atoms with van der Waals surface area (Å²) in [6, 6.07) is 3.48. The molecule has 0 bridgehead atoms. The predicted molar refractivity (Wildman–Crippen MR) is 55.5 cm³/mol. The van der Waals surface area contributed by atoms with Crippen molar-refractivity contribution >= 4 is 17.4 Å². The molecule has 0 aliphatic heterocycles. The predicted octanol–water partition coefficient (Wildman–Crippen LogP) is 2.21. The van der Waals surface area contributed by atoms with Crippen molar-refractivity contribution < 1.29 is 14.4 Å². The number of nitro benzene ring substituents is 1. The molecule has 0 aromatic heterocycles. The topological polar surface area (TPSA) is 63.4 Å². The lowest BCUT2D eigenvalue weighted by Gasteiger charge is -2.07. The molecule has 0 heterocycles. The van der Waals surface area contributed by atoms with Gasteiger partial charge in [0.1, 0.15) is 5.82 Å². The number of hydrogen-bond donors (Lipinski definition) is 1. The van der Waals surface area contributed by atoms with E-state index in [-0.39, 0.29) is 17.5 Å². The third-order valence-electron chi connectivity index (χ3n) is 1.71. The summed E-state index contributed by atoms with van der Waals surface area (Å²) in [7, 11) is 0. The van der Waals surface area contributed by atoms with Crippen molar-refractivity contribution in [1.82, 2.24) is 0 Å². The largest absolute Gasteiger partial charge is 0.395 e. The zero-order valence-electron chi connectivity index (χ0n) is 8.01. The first-order valence-electron chi connectivity index (χ1n) is 4.26. The number of nitrogens with zero attached hydrogens (tertiary/aromatic N) is 1. The summed E-state index contributed by atoms with van der Waals surface area (Å²) in [6.45, 7) is 1.67. The van der Waals surface area contributed by atoms with E-state index in [9.17, 15) is 14.5 Å². The highest BCUT2D eigenvalue weighted by Crippen LogP contribution is 2.28. The summed E-state index contributed by atoms with van der Waals surface area (Å²) in [5.41, 5.74) is -0.270. The van der Waals surface area contributed by atoms with Crippen LogP contribution in [0.1, 0.15) is 6.92 Å². The maximum Gasteiger partial charge on any atom is 0.272 e. The van der Waals surface area contributed by atoms with Crippen molar-refractivity contribution in [2.45, 2.75) is 17.1 Å². The number of aliphatic hydroxyl groups is 1. The molecular weight excluding hydrogens is 221 g/mol. The molecule has 6 heteroatoms. The van der Waals surface area contributed by atoms with Crippen LogP contribution >= 0.6 is 11.8 Å². The standard InChI is InChI=1S/C9H10FNO3S/c1-6(5-12)15-9-3-2-7(11(13)14)4-8(9)10/h2-4,6,12H,5H2,1H3. The molecule has 0 aliphatic carbocycles. The molecule has 1 unspecified atom stereocenters. The van der Waals surface area contributed by atoms with Crippen LogP contribution in [0.3, 0.4) is 0 Å². The second kappa shape index (κ2) is 5.09. The summed E-state index contributed by atoms with van der Waals surface area (Å²) in [5.74, 6) is -0.630. The number of hydrogen-bond acceptors (Lipinski definition) is 4. The molecular formula is C9H10FNO3S. The van der Waals surface area contributed by atoms with Crippen LogP contribution in [0.4, 0.5) is 10.1 Å². The van der Waals surface area contributed by atoms with Gasteiger partial charge in [0.25, 0.3) is 5.69 Å². The molecule has 0 aliphatic rings. The lowest BCUT2D eigenvalue weighted by molar-refractivity contribution is -0.385. The molecule has 0 saturated carbocycles. The monoisotopic (exact) mass is 231 g/mol. The van der Waals surface area contributed by atoms with Crippen LogP contribution in [0.5, 0.6) is 0 Å². The van der Waals surface area contributed by atoms with Crippen LogP contribution in [0.25, 0.3) is 0 Å². The van der Waals surface area contributed by atoms with E-state index in [1.165, 1.54) is 12.1 Å². The van der Waals surface area contributed by atoms with Gasteiger partial charge in [-0.3, -0.25) is 10.1 Å². The van der Waals surface area contributed by atoms with Crippen molar-refractivity contribution in [3.05, 3.63) is 34.1 Å². The van der Waals surface area contributed by atoms with E-state index in [4.69, 9.17) is 5.11 Å². The quantitative estimate of drug-likeness (QED) is 0.490. The molecule has 1 rings (SSSR count). The summed E-state index contributed by atoms with van der Waals surface area (Å²) in [6.07, 6.45) is 0. The van der Waals surface area contributed by atoms with E-state index in [0.29, 0.717) is 4.90 Å². The van der Waals surface area contributed by atoms with Crippen LogP contribution in [-0.2, 0) is 0 Å². The third kappa shape index (κ3) is 3.17. The summed E-state index contributed by atoms with van der Waals surface area (Å²) in [4.78, 5) is 10.00. The molecule has 1 atom stereocenters. The maximum absolute atomic E-state index is 13.3. The first kappa shape index (κ1) is 11.9. The lowest BCUT2D eigenvalue weighted by Crippen LogP contribution is -2.02. The molecule has 0 saturated heterocycles. The molecule has 1 N–H and O–H groups in total. The van der Waals surface area contributed by atoms with Gasteiger partial charge in [0.15, 0.2) is 0 Å². The van der Waals surface area contributed by atoms with Crippen LogP contribution in [0, 0.1) is 15.9 Å². The average Bonchev–Trinajstić information content (AvgIpc) is 2.20. The molecule has 4 nitrogen and oxygen atoms in total. The smallest absolute Gasteiger partial charge is 0.272 e. The molecule has 0 amide bonds. The normalized spacial score (nSPS) is 12.5. The molecule has 0 radical (unpaired) electrons. The Kier molecular flexibility index (Phi) is 4.05. The van der Waals surface area contributed by atoms with Crippen molar-refractivity contribution in [2.75, 3.05) is 6.61 Å². The van der Waals surface area contributed by atoms with Gasteiger partial charge < -0.3 is 5.11 Å². The Morgan fingerprint density at radius 3 is 2.80 bits per heavy atom. The average molecular weight is 231 g/mol. The van der Waals surface area contributed by atoms with Crippen LogP contribution < -0.4 is 0 Å². The highest BCUT2D eigenvalue weighted by molar-refractivity contribution is 8.00. The van der Waals surface area contributed by atoms with E-state index in [1.54, 1.807) is 6.92 Å². The highest BCUT2D eigenvalue weighted by atomic mass is 32.2. The minimum absolute atomic E-state index is 0.0684. The molecule has 0 fully saturated rings. The van der Waals surface area contributed by atoms with Crippen LogP contribution in [0.15, 0.2) is 23.1 Å². The zero-order chi connectivity index (χ0) is 11.4. The van der Waals surface area contributed by atoms with Crippen molar-refractivity contribution in [3.8, 4) is 0 Å². The summed E-state index contributed by atoms with van der Waals surface area (Å²) < 4.78 is 13.3. The van der Waals surface area contributed by atoms with Gasteiger partial charge in [-0.2, -0.15) is 0 Å². The number of non-ortho nitro benzene ring substituents is 1. The number of thioether (sulfide) groups is 1. The maximum atomic E-state index is 13.3. The fraction of sp³-hybridized carbons (Fsp3) is 0.333. The number of nitro groups is 1. The van der Waals surface area contributed by atoms with Crippen molar-refractivity contribution in [1.29, 1.82) is 0 Å². The van der Waals surface area contributed by atoms with Crippen molar-refractivity contribution in [2.24, 2.45) is 0 Å². The molecule has 1 aromatic rings. The third-order valence-corrected chi connectivity index (χ3v) is 2.85. The van der Waals surface area contributed by atoms with Gasteiger partial charge in [-0.1, -0.05) is 6.92 Å². The zero-order valence-corrected chi connectivity index (χ0v) is 8.83. The summed E-state index contributed by atoms with van der Waals surface area (Å²) in [5, 5.41) is 19.0. The SMILES string of the molecule is CC(CO)Sc1ccc([N+](=O)[O-])cc1F. The minimum atomic E-state index is -0.646. The van der Waals surface area contributed by atoms with Gasteiger partial charge in [0, 0.05) is 16.2 Å². The molecule has 0 spiro atoms. The second-order valence-electron chi connectivity index (χ2n) is 2.98. The molecule has 15 heavy (non-hydrogen) atoms. The van der Waals surface area contributed by atoms with Gasteiger partial charge in [-0.05, 0) is 6.07 Å². The van der Waals surface area contributed by atoms with Gasteiger partial charge >= 0.3 is 0 Å². The number of rotatable bonds is 4. The molecule has 1 aromatic carbocycles. The van der Waals surface area contributed by atoms with Crippen LogP contribution in [-0.4, -0.2) is 21.9 Å². The van der Waals surface area contributed by atoms with Gasteiger partial charge in [-0.25, -0.2) is 4.39 Å². The Morgan fingerprint density at radius 1 is 1.67 bits per heavy atom. The fourth-order valence-electron chi connectivity index (χ4n) is 0.953. The fourth-order valence-corrected chi connectivity index (χ4v) is 1.78. The number of aliphatic hydroxyl groups excluding tert-OH is 1. The van der Waals surface area contributed by atoms with E-state index >= 15 is 0 Å². The van der Waals surface area contributed by atoms with Gasteiger partial charge in [0.2, 0.25) is 0 Å². The Labute approximate surface area is 90.3 Å². The van der Waals surface area contributed by atoms with E-state index in [2.05, 4.69) is 0 Å². The van der Waals surface area contributed by atoms with E-state index in [0.717, 1.165) is 17.8 Å². The van der Waals surface area contributed by atoms with E-state index < -0.39 is 10.7 Å². The Morgan fingerprint density at radius 2 is 2.33 bits per heavy atom. The number of benzene rings is 1. The van der Waals surface area contributed by atoms with Gasteiger partial charge in [-0.15, -0.1) is 11.8 Å². The van der Waals surface area contributed by atoms with Crippen molar-refractivity contribution in [3.63, 3.8) is 0 Å². The minimum Gasteiger partial charge on any atom is -0.395 e. The Bertz CT molecular complexity index is 372. The molecule has 82 valence electrons. The highest BCUT2D eigenvalue weighted by Gasteiger charge is 2.12. The number of halogens is 1. The lowest BCUT2D eigenvalue weighted by atomic mass is 10.3. The van der Waals surface area contributed by atoms with Gasteiger partial charge in [0.05, 0.1) is 17.6 Å². The Balaban J connectivity index is 2.88. The second-order valence-corrected chi connectivity index (χ2v) is 4.46. The Hall–Kier alpha value is -1.14. The first-order valence-corrected chi connectivity index (χ1v) is 5.14. The van der Waals surface area contributed by atoms with Crippen LogP contribution in [0.2, 0.25) is 0 Å². The first-order chi connectivity index (χ1) is 7.04.